The number of anilines is 1. The van der Waals surface area contributed by atoms with Crippen molar-refractivity contribution in [3.05, 3.63) is 18.2 Å². The fourth-order valence-corrected chi connectivity index (χ4v) is 2.34. The number of morpholine rings is 1. The molecule has 1 aromatic carbocycles. The number of methoxy groups -OCH3 is 2. The molecule has 0 radical (unpaired) electrons. The number of hydrogen-bond acceptors (Lipinski definition) is 5. The van der Waals surface area contributed by atoms with Gasteiger partial charge >= 0.3 is 0 Å². The lowest BCUT2D eigenvalue weighted by Crippen LogP contribution is -2.43. The largest absolute Gasteiger partial charge is 0.497 e. The van der Waals surface area contributed by atoms with Crippen LogP contribution in [0.4, 0.5) is 5.69 Å². The van der Waals surface area contributed by atoms with E-state index in [0.717, 1.165) is 43.3 Å². The Kier molecular flexibility index (Phi) is 4.87. The summed E-state index contributed by atoms with van der Waals surface area (Å²) in [6.45, 7) is 3.09. The van der Waals surface area contributed by atoms with Gasteiger partial charge in [-0.25, -0.2) is 0 Å². The van der Waals surface area contributed by atoms with Crippen LogP contribution in [0.2, 0.25) is 0 Å². The van der Waals surface area contributed by atoms with Crippen LogP contribution in [-0.2, 0) is 4.74 Å². The molecule has 1 aliphatic heterocycles. The van der Waals surface area contributed by atoms with Crippen LogP contribution in [0.15, 0.2) is 18.2 Å². The molecular formula is C14H22N2O3. The number of ether oxygens (including phenoxy) is 3. The average Bonchev–Trinajstić information content (AvgIpc) is 2.47. The molecule has 0 saturated carbocycles. The second kappa shape index (κ2) is 6.63. The molecule has 2 rings (SSSR count). The molecule has 2 N–H and O–H groups in total. The molecule has 0 aliphatic carbocycles. The number of hydrogen-bond donors (Lipinski definition) is 1. The van der Waals surface area contributed by atoms with Crippen molar-refractivity contribution in [1.29, 1.82) is 0 Å². The van der Waals surface area contributed by atoms with Gasteiger partial charge in [-0.05, 0) is 25.1 Å². The summed E-state index contributed by atoms with van der Waals surface area (Å²) < 4.78 is 16.4. The highest BCUT2D eigenvalue weighted by atomic mass is 16.5. The van der Waals surface area contributed by atoms with Crippen molar-refractivity contribution >= 4 is 5.69 Å². The second-order valence-corrected chi connectivity index (χ2v) is 4.55. The second-order valence-electron chi connectivity index (χ2n) is 4.55. The summed E-state index contributed by atoms with van der Waals surface area (Å²) in [6, 6.07) is 5.89. The van der Waals surface area contributed by atoms with Crippen LogP contribution in [0.3, 0.4) is 0 Å². The van der Waals surface area contributed by atoms with E-state index in [4.69, 9.17) is 19.9 Å². The monoisotopic (exact) mass is 266 g/mol. The van der Waals surface area contributed by atoms with E-state index in [-0.39, 0.29) is 6.10 Å². The van der Waals surface area contributed by atoms with E-state index in [0.29, 0.717) is 6.54 Å². The lowest BCUT2D eigenvalue weighted by atomic mass is 10.1. The van der Waals surface area contributed by atoms with Crippen molar-refractivity contribution in [2.75, 3.05) is 45.4 Å². The molecule has 1 aliphatic rings. The number of benzene rings is 1. The normalized spacial score (nSPS) is 19.3. The van der Waals surface area contributed by atoms with Crippen LogP contribution < -0.4 is 20.1 Å². The zero-order valence-electron chi connectivity index (χ0n) is 11.6. The predicted molar refractivity (Wildman–Crippen MR) is 75.2 cm³/mol. The Morgan fingerprint density at radius 3 is 2.89 bits per heavy atom. The lowest BCUT2D eigenvalue weighted by Gasteiger charge is -2.35. The summed E-state index contributed by atoms with van der Waals surface area (Å²) in [5.74, 6) is 1.63. The highest BCUT2D eigenvalue weighted by Gasteiger charge is 2.22. The molecule has 5 heteroatoms. The summed E-state index contributed by atoms with van der Waals surface area (Å²) in [4.78, 5) is 2.28. The number of nitrogens with two attached hydrogens (primary N) is 1. The first kappa shape index (κ1) is 14.0. The first-order chi connectivity index (χ1) is 9.28. The van der Waals surface area contributed by atoms with E-state index in [1.807, 2.05) is 18.2 Å². The third-order valence-electron chi connectivity index (χ3n) is 3.35. The summed E-state index contributed by atoms with van der Waals surface area (Å²) in [5.41, 5.74) is 6.68. The minimum atomic E-state index is 0.200. The highest BCUT2D eigenvalue weighted by molar-refractivity contribution is 5.61. The summed E-state index contributed by atoms with van der Waals surface area (Å²) >= 11 is 0. The fraction of sp³-hybridized carbons (Fsp3) is 0.571. The van der Waals surface area contributed by atoms with Crippen molar-refractivity contribution in [3.8, 4) is 11.5 Å². The lowest BCUT2D eigenvalue weighted by molar-refractivity contribution is 0.0367. The molecule has 1 saturated heterocycles. The zero-order chi connectivity index (χ0) is 13.7. The maximum atomic E-state index is 5.70. The summed E-state index contributed by atoms with van der Waals surface area (Å²) in [5, 5.41) is 0. The van der Waals surface area contributed by atoms with Crippen molar-refractivity contribution in [3.63, 3.8) is 0 Å². The molecule has 5 nitrogen and oxygen atoms in total. The smallest absolute Gasteiger partial charge is 0.145 e. The Morgan fingerprint density at radius 1 is 1.37 bits per heavy atom. The SMILES string of the molecule is COc1ccc(N2CCOC(CCN)C2)c(OC)c1. The topological polar surface area (TPSA) is 57.0 Å². The summed E-state index contributed by atoms with van der Waals surface area (Å²) in [6.07, 6.45) is 1.08. The van der Waals surface area contributed by atoms with Gasteiger partial charge in [0.25, 0.3) is 0 Å². The molecule has 1 heterocycles. The van der Waals surface area contributed by atoms with E-state index >= 15 is 0 Å². The van der Waals surface area contributed by atoms with Crippen molar-refractivity contribution in [1.82, 2.24) is 0 Å². The van der Waals surface area contributed by atoms with Gasteiger partial charge in [0, 0.05) is 19.2 Å². The van der Waals surface area contributed by atoms with Crippen molar-refractivity contribution < 1.29 is 14.2 Å². The van der Waals surface area contributed by atoms with Gasteiger partial charge in [0.1, 0.15) is 11.5 Å². The van der Waals surface area contributed by atoms with Crippen LogP contribution in [0, 0.1) is 0 Å². The van der Waals surface area contributed by atoms with Gasteiger partial charge in [0.15, 0.2) is 0 Å². The third-order valence-corrected chi connectivity index (χ3v) is 3.35. The molecule has 1 atom stereocenters. The molecule has 0 spiro atoms. The number of rotatable bonds is 5. The van der Waals surface area contributed by atoms with E-state index in [2.05, 4.69) is 4.90 Å². The molecule has 0 aromatic heterocycles. The fourth-order valence-electron chi connectivity index (χ4n) is 2.34. The maximum absolute atomic E-state index is 5.70. The highest BCUT2D eigenvalue weighted by Crippen LogP contribution is 2.33. The summed E-state index contributed by atoms with van der Waals surface area (Å²) in [7, 11) is 3.33. The van der Waals surface area contributed by atoms with E-state index in [1.165, 1.54) is 0 Å². The Labute approximate surface area is 114 Å². The van der Waals surface area contributed by atoms with E-state index in [1.54, 1.807) is 14.2 Å². The molecule has 106 valence electrons. The Balaban J connectivity index is 2.16. The Morgan fingerprint density at radius 2 is 2.21 bits per heavy atom. The van der Waals surface area contributed by atoms with Crippen LogP contribution in [0.1, 0.15) is 6.42 Å². The van der Waals surface area contributed by atoms with Gasteiger partial charge in [-0.1, -0.05) is 0 Å². The van der Waals surface area contributed by atoms with Gasteiger partial charge in [-0.3, -0.25) is 0 Å². The molecule has 1 aromatic rings. The van der Waals surface area contributed by atoms with Gasteiger partial charge < -0.3 is 24.8 Å². The van der Waals surface area contributed by atoms with Gasteiger partial charge in [-0.15, -0.1) is 0 Å². The molecule has 0 amide bonds. The molecule has 19 heavy (non-hydrogen) atoms. The van der Waals surface area contributed by atoms with E-state index < -0.39 is 0 Å². The molecule has 1 unspecified atom stereocenters. The number of nitrogens with zero attached hydrogens (tertiary/aromatic N) is 1. The predicted octanol–water partition coefficient (Wildman–Crippen LogP) is 1.26. The zero-order valence-corrected chi connectivity index (χ0v) is 11.6. The van der Waals surface area contributed by atoms with Gasteiger partial charge in [0.2, 0.25) is 0 Å². The first-order valence-corrected chi connectivity index (χ1v) is 6.57. The van der Waals surface area contributed by atoms with Crippen molar-refractivity contribution in [2.24, 2.45) is 5.73 Å². The van der Waals surface area contributed by atoms with E-state index in [9.17, 15) is 0 Å². The van der Waals surface area contributed by atoms with Crippen molar-refractivity contribution in [2.45, 2.75) is 12.5 Å². The van der Waals surface area contributed by atoms with Crippen LogP contribution >= 0.6 is 0 Å². The van der Waals surface area contributed by atoms with Gasteiger partial charge in [0.05, 0.1) is 32.6 Å². The Bertz CT molecular complexity index is 410. The van der Waals surface area contributed by atoms with Crippen LogP contribution in [0.25, 0.3) is 0 Å². The standard InChI is InChI=1S/C14H22N2O3/c1-17-11-3-4-13(14(9-11)18-2)16-7-8-19-12(10-16)5-6-15/h3-4,9,12H,5-8,10,15H2,1-2H3. The average molecular weight is 266 g/mol. The minimum Gasteiger partial charge on any atom is -0.497 e. The molecular weight excluding hydrogens is 244 g/mol. The minimum absolute atomic E-state index is 0.200. The first-order valence-electron chi connectivity index (χ1n) is 6.57. The maximum Gasteiger partial charge on any atom is 0.145 e. The van der Waals surface area contributed by atoms with Crippen LogP contribution in [0.5, 0.6) is 11.5 Å². The third kappa shape index (κ3) is 3.30. The quantitative estimate of drug-likeness (QED) is 0.869. The van der Waals surface area contributed by atoms with Crippen LogP contribution in [-0.4, -0.2) is 46.6 Å². The molecule has 1 fully saturated rings. The molecule has 0 bridgehead atoms. The Hall–Kier alpha value is -1.46. The van der Waals surface area contributed by atoms with Gasteiger partial charge in [-0.2, -0.15) is 0 Å².